The highest BCUT2D eigenvalue weighted by Gasteiger charge is 2.26. The second-order valence-corrected chi connectivity index (χ2v) is 10.1. The summed E-state index contributed by atoms with van der Waals surface area (Å²) in [5.74, 6) is -2.17. The maximum Gasteiger partial charge on any atom is 0.335 e. The standard InChI is InChI=1S/C31H30F3NO2/c32-13-2-14-35-18-21(19-35)15-20-5-7-22(8-6-20)30-26(24-10-12-28(33)29(34)17-24)4-1-3-23-16-25(31(36)37)9-11-27(23)30/h5-12,16-17,21H,1-4,13-15,18-19H2,(H,36,37). The van der Waals surface area contributed by atoms with Crippen LogP contribution < -0.4 is 0 Å². The van der Waals surface area contributed by atoms with Crippen molar-refractivity contribution in [1.29, 1.82) is 0 Å². The molecule has 0 bridgehead atoms. The summed E-state index contributed by atoms with van der Waals surface area (Å²) in [7, 11) is 0. The third-order valence-corrected chi connectivity index (χ3v) is 7.47. The lowest BCUT2D eigenvalue weighted by Crippen LogP contribution is -2.47. The van der Waals surface area contributed by atoms with E-state index in [1.807, 2.05) is 6.07 Å². The second-order valence-electron chi connectivity index (χ2n) is 10.1. The molecule has 3 nitrogen and oxygen atoms in total. The summed E-state index contributed by atoms with van der Waals surface area (Å²) in [6.45, 7) is 2.53. The van der Waals surface area contributed by atoms with E-state index in [0.717, 1.165) is 66.4 Å². The molecule has 3 aromatic rings. The lowest BCUT2D eigenvalue weighted by atomic mass is 9.86. The zero-order valence-corrected chi connectivity index (χ0v) is 20.7. The first-order valence-corrected chi connectivity index (χ1v) is 12.9. The molecule has 5 rings (SSSR count). The SMILES string of the molecule is O=C(O)c1ccc2c(c1)CCCC(c1ccc(F)c(F)c1)=C2c1ccc(CC2CN(CCCF)C2)cc1. The van der Waals surface area contributed by atoms with Gasteiger partial charge in [0.2, 0.25) is 0 Å². The molecular weight excluding hydrogens is 475 g/mol. The minimum Gasteiger partial charge on any atom is -0.478 e. The molecule has 0 spiro atoms. The first-order chi connectivity index (χ1) is 17.9. The predicted octanol–water partition coefficient (Wildman–Crippen LogP) is 6.79. The van der Waals surface area contributed by atoms with Gasteiger partial charge in [-0.2, -0.15) is 0 Å². The molecule has 0 saturated carbocycles. The molecule has 192 valence electrons. The zero-order valence-electron chi connectivity index (χ0n) is 20.7. The lowest BCUT2D eigenvalue weighted by molar-refractivity contribution is 0.0696. The molecule has 2 aliphatic rings. The summed E-state index contributed by atoms with van der Waals surface area (Å²) in [5.41, 5.74) is 6.80. The topological polar surface area (TPSA) is 40.5 Å². The molecule has 3 aromatic carbocycles. The van der Waals surface area contributed by atoms with Crippen LogP contribution in [0.15, 0.2) is 60.7 Å². The predicted molar refractivity (Wildman–Crippen MR) is 139 cm³/mol. The maximum absolute atomic E-state index is 14.2. The van der Waals surface area contributed by atoms with E-state index < -0.39 is 17.6 Å². The van der Waals surface area contributed by atoms with E-state index >= 15 is 0 Å². The molecule has 0 amide bonds. The van der Waals surface area contributed by atoms with Gasteiger partial charge in [0.25, 0.3) is 0 Å². The smallest absolute Gasteiger partial charge is 0.335 e. The van der Waals surface area contributed by atoms with E-state index in [1.54, 1.807) is 18.2 Å². The van der Waals surface area contributed by atoms with Crippen LogP contribution in [0, 0.1) is 17.6 Å². The fourth-order valence-electron chi connectivity index (χ4n) is 5.64. The number of nitrogens with zero attached hydrogens (tertiary/aromatic N) is 1. The van der Waals surface area contributed by atoms with Crippen molar-refractivity contribution < 1.29 is 23.1 Å². The van der Waals surface area contributed by atoms with Crippen LogP contribution in [0.25, 0.3) is 11.1 Å². The van der Waals surface area contributed by atoms with Crippen LogP contribution in [0.5, 0.6) is 0 Å². The molecule has 1 N–H and O–H groups in total. The summed E-state index contributed by atoms with van der Waals surface area (Å²) in [6, 6.07) is 17.6. The highest BCUT2D eigenvalue weighted by atomic mass is 19.2. The first-order valence-electron chi connectivity index (χ1n) is 12.9. The Hall–Kier alpha value is -3.38. The van der Waals surface area contributed by atoms with Crippen molar-refractivity contribution in [3.05, 3.63) is 106 Å². The quantitative estimate of drug-likeness (QED) is 0.366. The highest BCUT2D eigenvalue weighted by molar-refractivity contribution is 6.00. The van der Waals surface area contributed by atoms with Crippen molar-refractivity contribution in [2.24, 2.45) is 5.92 Å². The molecule has 0 aromatic heterocycles. The largest absolute Gasteiger partial charge is 0.478 e. The Morgan fingerprint density at radius 2 is 1.68 bits per heavy atom. The molecule has 0 atom stereocenters. The van der Waals surface area contributed by atoms with E-state index in [9.17, 15) is 23.1 Å². The Morgan fingerprint density at radius 1 is 0.919 bits per heavy atom. The van der Waals surface area contributed by atoms with Crippen LogP contribution in [-0.2, 0) is 12.8 Å². The van der Waals surface area contributed by atoms with Crippen LogP contribution in [-0.4, -0.2) is 42.3 Å². The Morgan fingerprint density at radius 3 is 2.38 bits per heavy atom. The zero-order chi connectivity index (χ0) is 25.9. The van der Waals surface area contributed by atoms with Crippen LogP contribution >= 0.6 is 0 Å². The number of benzene rings is 3. The van der Waals surface area contributed by atoms with Gasteiger partial charge >= 0.3 is 5.97 Å². The fraction of sp³-hybridized carbons (Fsp3) is 0.323. The van der Waals surface area contributed by atoms with Gasteiger partial charge in [0.1, 0.15) is 0 Å². The average molecular weight is 506 g/mol. The highest BCUT2D eigenvalue weighted by Crippen LogP contribution is 2.40. The Kier molecular flexibility index (Phi) is 7.47. The number of carboxylic acids is 1. The summed E-state index contributed by atoms with van der Waals surface area (Å²) < 4.78 is 40.4. The molecule has 1 heterocycles. The van der Waals surface area contributed by atoms with Gasteiger partial charge in [0.05, 0.1) is 12.2 Å². The Bertz CT molecular complexity index is 1330. The number of alkyl halides is 1. The molecule has 0 unspecified atom stereocenters. The number of carbonyl (C=O) groups is 1. The normalized spacial score (nSPS) is 16.3. The van der Waals surface area contributed by atoms with E-state index in [2.05, 4.69) is 29.2 Å². The van der Waals surface area contributed by atoms with Crippen molar-refractivity contribution >= 4 is 17.1 Å². The number of hydrogen-bond donors (Lipinski definition) is 1. The van der Waals surface area contributed by atoms with Gasteiger partial charge in [0.15, 0.2) is 11.6 Å². The molecule has 1 aliphatic carbocycles. The number of fused-ring (bicyclic) bond motifs is 1. The summed E-state index contributed by atoms with van der Waals surface area (Å²) in [6.07, 6.45) is 3.68. The number of carboxylic acid groups (broad SMARTS) is 1. The third-order valence-electron chi connectivity index (χ3n) is 7.47. The van der Waals surface area contributed by atoms with Crippen molar-refractivity contribution in [3.8, 4) is 0 Å². The number of aryl methyl sites for hydroxylation is 1. The second kappa shape index (κ2) is 10.9. The van der Waals surface area contributed by atoms with Gasteiger partial charge < -0.3 is 10.0 Å². The minimum atomic E-state index is -0.970. The average Bonchev–Trinajstić information content (AvgIpc) is 3.06. The number of rotatable bonds is 8. The van der Waals surface area contributed by atoms with E-state index in [-0.39, 0.29) is 12.2 Å². The van der Waals surface area contributed by atoms with E-state index in [1.165, 1.54) is 11.6 Å². The van der Waals surface area contributed by atoms with Crippen molar-refractivity contribution in [2.75, 3.05) is 26.3 Å². The van der Waals surface area contributed by atoms with Gasteiger partial charge in [-0.3, -0.25) is 4.39 Å². The summed E-state index contributed by atoms with van der Waals surface area (Å²) in [4.78, 5) is 13.9. The number of hydrogen-bond acceptors (Lipinski definition) is 2. The lowest BCUT2D eigenvalue weighted by Gasteiger charge is -2.39. The first kappa shape index (κ1) is 25.3. The van der Waals surface area contributed by atoms with Gasteiger partial charge in [-0.25, -0.2) is 13.6 Å². The summed E-state index contributed by atoms with van der Waals surface area (Å²) >= 11 is 0. The van der Waals surface area contributed by atoms with Gasteiger partial charge in [-0.1, -0.05) is 36.4 Å². The molecule has 1 fully saturated rings. The van der Waals surface area contributed by atoms with E-state index in [4.69, 9.17) is 0 Å². The van der Waals surface area contributed by atoms with Crippen LogP contribution in [0.2, 0.25) is 0 Å². The van der Waals surface area contributed by atoms with Crippen molar-refractivity contribution in [3.63, 3.8) is 0 Å². The third kappa shape index (κ3) is 5.49. The Labute approximate surface area is 215 Å². The maximum atomic E-state index is 14.2. The monoisotopic (exact) mass is 505 g/mol. The van der Waals surface area contributed by atoms with Gasteiger partial charge in [-0.15, -0.1) is 0 Å². The van der Waals surface area contributed by atoms with Crippen LogP contribution in [0.1, 0.15) is 57.4 Å². The van der Waals surface area contributed by atoms with Gasteiger partial charge in [0, 0.05) is 19.6 Å². The van der Waals surface area contributed by atoms with Crippen LogP contribution in [0.4, 0.5) is 13.2 Å². The summed E-state index contributed by atoms with van der Waals surface area (Å²) in [5, 5.41) is 9.50. The minimum absolute atomic E-state index is 0.241. The Balaban J connectivity index is 1.50. The molecule has 1 aliphatic heterocycles. The molecular formula is C31H30F3NO2. The van der Waals surface area contributed by atoms with Gasteiger partial charge in [-0.05, 0) is 101 Å². The van der Waals surface area contributed by atoms with Crippen LogP contribution in [0.3, 0.4) is 0 Å². The van der Waals surface area contributed by atoms with E-state index in [0.29, 0.717) is 30.7 Å². The molecule has 0 radical (unpaired) electrons. The fourth-order valence-corrected chi connectivity index (χ4v) is 5.64. The number of halogens is 3. The number of likely N-dealkylation sites (tertiary alicyclic amines) is 1. The molecule has 1 saturated heterocycles. The van der Waals surface area contributed by atoms with Crippen molar-refractivity contribution in [2.45, 2.75) is 32.1 Å². The van der Waals surface area contributed by atoms with Crippen molar-refractivity contribution in [1.82, 2.24) is 4.90 Å². The molecule has 37 heavy (non-hydrogen) atoms. The molecule has 6 heteroatoms. The number of aromatic carboxylic acids is 1. The number of allylic oxidation sites excluding steroid dienone is 1.